The van der Waals surface area contributed by atoms with Crippen LogP contribution in [0.4, 0.5) is 5.13 Å². The average molecular weight is 374 g/mol. The van der Waals surface area contributed by atoms with Crippen molar-refractivity contribution in [1.29, 1.82) is 0 Å². The van der Waals surface area contributed by atoms with Crippen molar-refractivity contribution in [3.63, 3.8) is 0 Å². The number of amides is 1. The van der Waals surface area contributed by atoms with Crippen molar-refractivity contribution < 1.29 is 19.0 Å². The summed E-state index contributed by atoms with van der Waals surface area (Å²) in [5.74, 6) is -0.00460. The Bertz CT molecular complexity index is 855. The lowest BCUT2D eigenvalue weighted by Crippen LogP contribution is -2.39. The van der Waals surface area contributed by atoms with Crippen molar-refractivity contribution >= 4 is 32.6 Å². The number of hydrogen-bond acceptors (Lipinski definition) is 6. The molecule has 1 aromatic heterocycles. The van der Waals surface area contributed by atoms with Gasteiger partial charge < -0.3 is 14.2 Å². The van der Waals surface area contributed by atoms with E-state index in [9.17, 15) is 4.79 Å². The van der Waals surface area contributed by atoms with Gasteiger partial charge in [0.25, 0.3) is 5.91 Å². The number of nitrogens with zero attached hydrogens (tertiary/aromatic N) is 2. The molecule has 1 amide bonds. The molecule has 7 heteroatoms. The molecule has 2 aliphatic heterocycles. The van der Waals surface area contributed by atoms with E-state index in [0.29, 0.717) is 24.9 Å². The summed E-state index contributed by atoms with van der Waals surface area (Å²) in [7, 11) is 0. The highest BCUT2D eigenvalue weighted by molar-refractivity contribution is 7.22. The van der Waals surface area contributed by atoms with E-state index >= 15 is 0 Å². The van der Waals surface area contributed by atoms with Crippen LogP contribution in [0.25, 0.3) is 10.2 Å². The van der Waals surface area contributed by atoms with Crippen LogP contribution in [0.5, 0.6) is 0 Å². The normalized spacial score (nSPS) is 19.8. The van der Waals surface area contributed by atoms with Crippen molar-refractivity contribution in [2.75, 3.05) is 31.3 Å². The van der Waals surface area contributed by atoms with Crippen LogP contribution in [-0.2, 0) is 19.0 Å². The smallest absolute Gasteiger partial charge is 0.298 e. The summed E-state index contributed by atoms with van der Waals surface area (Å²) < 4.78 is 17.6. The number of thiazole rings is 1. The predicted octanol–water partition coefficient (Wildman–Crippen LogP) is 3.31. The molecule has 1 saturated heterocycles. The van der Waals surface area contributed by atoms with E-state index < -0.39 is 0 Å². The third-order valence-electron chi connectivity index (χ3n) is 4.56. The molecular formula is C19H22N2O4S. The Morgan fingerprint density at radius 1 is 1.31 bits per heavy atom. The molecule has 1 unspecified atom stereocenters. The van der Waals surface area contributed by atoms with Gasteiger partial charge in [0.2, 0.25) is 5.76 Å². The Balaban J connectivity index is 1.70. The minimum Gasteiger partial charge on any atom is -0.494 e. The van der Waals surface area contributed by atoms with Crippen LogP contribution >= 0.6 is 11.3 Å². The van der Waals surface area contributed by atoms with Gasteiger partial charge in [-0.15, -0.1) is 0 Å². The van der Waals surface area contributed by atoms with Crippen molar-refractivity contribution in [2.45, 2.75) is 32.8 Å². The number of hydrogen-bond donors (Lipinski definition) is 0. The van der Waals surface area contributed by atoms with Gasteiger partial charge in [0.05, 0.1) is 22.9 Å². The Hall–Kier alpha value is -2.12. The molecule has 0 saturated carbocycles. The molecule has 6 nitrogen and oxygen atoms in total. The summed E-state index contributed by atoms with van der Waals surface area (Å²) in [6, 6.07) is 4.22. The third kappa shape index (κ3) is 3.41. The molecule has 0 aliphatic carbocycles. The van der Waals surface area contributed by atoms with Crippen LogP contribution in [0.1, 0.15) is 24.0 Å². The fourth-order valence-corrected chi connectivity index (χ4v) is 4.48. The zero-order chi connectivity index (χ0) is 18.1. The molecule has 138 valence electrons. The maximum absolute atomic E-state index is 13.1. The minimum absolute atomic E-state index is 0.0268. The third-order valence-corrected chi connectivity index (χ3v) is 5.59. The topological polar surface area (TPSA) is 60.9 Å². The van der Waals surface area contributed by atoms with Crippen molar-refractivity contribution in [3.8, 4) is 0 Å². The van der Waals surface area contributed by atoms with Crippen LogP contribution < -0.4 is 4.90 Å². The number of fused-ring (bicyclic) bond motifs is 1. The van der Waals surface area contributed by atoms with Crippen molar-refractivity contribution in [3.05, 3.63) is 35.3 Å². The van der Waals surface area contributed by atoms with E-state index in [1.54, 1.807) is 4.90 Å². The highest BCUT2D eigenvalue weighted by atomic mass is 32.1. The second-order valence-electron chi connectivity index (χ2n) is 6.68. The van der Waals surface area contributed by atoms with Crippen LogP contribution in [0.2, 0.25) is 0 Å². The van der Waals surface area contributed by atoms with Gasteiger partial charge in [-0.25, -0.2) is 4.98 Å². The lowest BCUT2D eigenvalue weighted by Gasteiger charge is -2.25. The lowest BCUT2D eigenvalue weighted by atomic mass is 10.1. The molecule has 2 aliphatic rings. The van der Waals surface area contributed by atoms with Gasteiger partial charge in [0.15, 0.2) is 5.13 Å². The number of aryl methyl sites for hydroxylation is 2. The molecule has 2 aromatic rings. The van der Waals surface area contributed by atoms with E-state index in [1.807, 2.05) is 6.92 Å². The molecule has 1 atom stereocenters. The maximum atomic E-state index is 13.1. The first kappa shape index (κ1) is 17.3. The molecule has 0 bridgehead atoms. The number of carbonyl (C=O) groups excluding carboxylic acids is 1. The Morgan fingerprint density at radius 3 is 2.92 bits per heavy atom. The SMILES string of the molecule is Cc1cc(C)c2nc(N(CC3CCCO3)C(=O)C3=COCCO3)sc2c1. The number of carbonyl (C=O) groups is 1. The second-order valence-corrected chi connectivity index (χ2v) is 7.69. The fraction of sp³-hybridized carbons (Fsp3) is 0.474. The van der Waals surface area contributed by atoms with Gasteiger partial charge in [-0.2, -0.15) is 0 Å². The summed E-state index contributed by atoms with van der Waals surface area (Å²) >= 11 is 1.52. The van der Waals surface area contributed by atoms with E-state index in [1.165, 1.54) is 23.2 Å². The predicted molar refractivity (Wildman–Crippen MR) is 100 cm³/mol. The van der Waals surface area contributed by atoms with E-state index in [4.69, 9.17) is 19.2 Å². The quantitative estimate of drug-likeness (QED) is 0.822. The van der Waals surface area contributed by atoms with Crippen LogP contribution in [-0.4, -0.2) is 43.4 Å². The van der Waals surface area contributed by atoms with Gasteiger partial charge in [-0.3, -0.25) is 9.69 Å². The van der Waals surface area contributed by atoms with Gasteiger partial charge in [0, 0.05) is 6.61 Å². The summed E-state index contributed by atoms with van der Waals surface area (Å²) in [6.07, 6.45) is 3.40. The summed E-state index contributed by atoms with van der Waals surface area (Å²) in [4.78, 5) is 19.5. The van der Waals surface area contributed by atoms with Crippen molar-refractivity contribution in [1.82, 2.24) is 4.98 Å². The van der Waals surface area contributed by atoms with Gasteiger partial charge in [-0.1, -0.05) is 17.4 Å². The van der Waals surface area contributed by atoms with E-state index in [-0.39, 0.29) is 17.8 Å². The van der Waals surface area contributed by atoms with Crippen LogP contribution in [0.3, 0.4) is 0 Å². The highest BCUT2D eigenvalue weighted by Gasteiger charge is 2.30. The number of rotatable bonds is 4. The molecule has 3 heterocycles. The van der Waals surface area contributed by atoms with Crippen LogP contribution in [0.15, 0.2) is 24.2 Å². The first-order valence-corrected chi connectivity index (χ1v) is 9.69. The average Bonchev–Trinajstić information content (AvgIpc) is 3.29. The van der Waals surface area contributed by atoms with Crippen LogP contribution in [0, 0.1) is 13.8 Å². The Kier molecular flexibility index (Phi) is 4.82. The van der Waals surface area contributed by atoms with Gasteiger partial charge in [-0.05, 0) is 43.9 Å². The summed E-state index contributed by atoms with van der Waals surface area (Å²) in [5.41, 5.74) is 3.24. The molecule has 4 rings (SSSR count). The number of ether oxygens (including phenoxy) is 3. The summed E-state index contributed by atoms with van der Waals surface area (Å²) in [5, 5.41) is 0.671. The zero-order valence-electron chi connectivity index (χ0n) is 15.0. The second kappa shape index (κ2) is 7.25. The molecular weight excluding hydrogens is 352 g/mol. The van der Waals surface area contributed by atoms with Gasteiger partial charge >= 0.3 is 0 Å². The molecule has 0 spiro atoms. The monoisotopic (exact) mass is 374 g/mol. The minimum atomic E-state index is -0.228. The highest BCUT2D eigenvalue weighted by Crippen LogP contribution is 2.33. The molecule has 1 fully saturated rings. The lowest BCUT2D eigenvalue weighted by molar-refractivity contribution is -0.120. The number of benzene rings is 1. The molecule has 26 heavy (non-hydrogen) atoms. The standard InChI is InChI=1S/C19H22N2O4S/c1-12-8-13(2)17-16(9-12)26-19(20-17)21(10-14-4-3-5-24-14)18(22)15-11-23-6-7-25-15/h8-9,11,14H,3-7,10H2,1-2H3. The maximum Gasteiger partial charge on any atom is 0.298 e. The molecule has 0 radical (unpaired) electrons. The van der Waals surface area contributed by atoms with E-state index in [2.05, 4.69) is 19.1 Å². The number of aromatic nitrogens is 1. The van der Waals surface area contributed by atoms with E-state index in [0.717, 1.165) is 35.2 Å². The Labute approximate surface area is 156 Å². The molecule has 0 N–H and O–H groups in total. The largest absolute Gasteiger partial charge is 0.494 e. The first-order chi connectivity index (χ1) is 12.6. The fourth-order valence-electron chi connectivity index (χ4n) is 3.33. The van der Waals surface area contributed by atoms with Gasteiger partial charge in [0.1, 0.15) is 19.5 Å². The number of anilines is 1. The molecule has 1 aromatic carbocycles. The zero-order valence-corrected chi connectivity index (χ0v) is 15.8. The van der Waals surface area contributed by atoms with Crippen molar-refractivity contribution in [2.24, 2.45) is 0 Å². The summed E-state index contributed by atoms with van der Waals surface area (Å²) in [6.45, 7) is 6.17. The Morgan fingerprint density at radius 2 is 2.19 bits per heavy atom. The first-order valence-electron chi connectivity index (χ1n) is 8.87.